The van der Waals surface area contributed by atoms with E-state index in [1.807, 2.05) is 30.5 Å². The molecule has 0 aromatic carbocycles. The maximum absolute atomic E-state index is 4.99. The van der Waals surface area contributed by atoms with Crippen molar-refractivity contribution in [2.45, 2.75) is 0 Å². The molecule has 0 aliphatic carbocycles. The van der Waals surface area contributed by atoms with Crippen LogP contribution in [0.3, 0.4) is 0 Å². The number of ether oxygens (including phenoxy) is 1. The van der Waals surface area contributed by atoms with E-state index in [1.165, 1.54) is 6.20 Å². The van der Waals surface area contributed by atoms with Crippen LogP contribution in [0.4, 0.5) is 5.82 Å². The Balaban J connectivity index is 1.88. The Kier molecular flexibility index (Phi) is 2.89. The van der Waals surface area contributed by atoms with E-state index in [0.29, 0.717) is 11.7 Å². The number of aliphatic imine (C=N–C) groups is 1. The first kappa shape index (κ1) is 11.3. The Labute approximate surface area is 109 Å². The van der Waals surface area contributed by atoms with Crippen LogP contribution < -0.4 is 4.74 Å². The molecule has 94 valence electrons. The second-order valence-electron chi connectivity index (χ2n) is 3.82. The van der Waals surface area contributed by atoms with Crippen LogP contribution >= 0.6 is 0 Å². The molecule has 0 N–H and O–H groups in total. The van der Waals surface area contributed by atoms with Gasteiger partial charge < -0.3 is 4.74 Å². The Hall–Kier alpha value is -2.76. The molecule has 0 aliphatic heterocycles. The smallest absolute Gasteiger partial charge is 0.234 e. The lowest BCUT2D eigenvalue weighted by molar-refractivity contribution is 0.396. The lowest BCUT2D eigenvalue weighted by atomic mass is 10.4. The molecule has 0 fully saturated rings. The highest BCUT2D eigenvalue weighted by Gasteiger charge is 1.99. The van der Waals surface area contributed by atoms with E-state index in [2.05, 4.69) is 20.1 Å². The van der Waals surface area contributed by atoms with Crippen LogP contribution in [-0.2, 0) is 0 Å². The number of hydrogen-bond donors (Lipinski definition) is 0. The van der Waals surface area contributed by atoms with Gasteiger partial charge in [0.1, 0.15) is 5.69 Å². The van der Waals surface area contributed by atoms with E-state index in [4.69, 9.17) is 4.74 Å². The molecule has 6 nitrogen and oxygen atoms in total. The van der Waals surface area contributed by atoms with Crippen molar-refractivity contribution in [3.05, 3.63) is 48.5 Å². The van der Waals surface area contributed by atoms with Crippen molar-refractivity contribution in [2.24, 2.45) is 4.99 Å². The predicted octanol–water partition coefficient (Wildman–Crippen LogP) is 1.88. The molecule has 3 aromatic rings. The van der Waals surface area contributed by atoms with Gasteiger partial charge in [-0.3, -0.25) is 4.98 Å². The molecule has 0 unspecified atom stereocenters. The van der Waals surface area contributed by atoms with Gasteiger partial charge in [-0.1, -0.05) is 6.07 Å². The van der Waals surface area contributed by atoms with Gasteiger partial charge in [-0.2, -0.15) is 10.1 Å². The van der Waals surface area contributed by atoms with Crippen LogP contribution in [-0.4, -0.2) is 32.9 Å². The molecule has 3 rings (SSSR count). The summed E-state index contributed by atoms with van der Waals surface area (Å²) in [6, 6.07) is 7.81. The maximum Gasteiger partial charge on any atom is 0.234 e. The Bertz CT molecular complexity index is 701. The first-order valence-electron chi connectivity index (χ1n) is 5.70. The van der Waals surface area contributed by atoms with Gasteiger partial charge in [0, 0.05) is 6.20 Å². The number of fused-ring (bicyclic) bond motifs is 1. The summed E-state index contributed by atoms with van der Waals surface area (Å²) in [6.07, 6.45) is 6.63. The van der Waals surface area contributed by atoms with Gasteiger partial charge in [0.05, 0.1) is 31.2 Å². The molecule has 0 bridgehead atoms. The average Bonchev–Trinajstić information content (AvgIpc) is 2.88. The first-order valence-corrected chi connectivity index (χ1v) is 5.70. The van der Waals surface area contributed by atoms with Crippen LogP contribution in [0.15, 0.2) is 47.8 Å². The zero-order chi connectivity index (χ0) is 13.1. The van der Waals surface area contributed by atoms with Crippen LogP contribution in [0, 0.1) is 0 Å². The number of rotatable bonds is 3. The molecule has 19 heavy (non-hydrogen) atoms. The summed E-state index contributed by atoms with van der Waals surface area (Å²) in [5.41, 5.74) is 1.77. The zero-order valence-corrected chi connectivity index (χ0v) is 10.3. The average molecular weight is 253 g/mol. The van der Waals surface area contributed by atoms with Crippen molar-refractivity contribution in [1.82, 2.24) is 19.6 Å². The lowest BCUT2D eigenvalue weighted by Gasteiger charge is -1.96. The zero-order valence-electron chi connectivity index (χ0n) is 10.3. The highest BCUT2D eigenvalue weighted by atomic mass is 16.5. The number of hydrogen-bond acceptors (Lipinski definition) is 5. The fourth-order valence-corrected chi connectivity index (χ4v) is 1.65. The van der Waals surface area contributed by atoms with Gasteiger partial charge in [-0.05, 0) is 18.2 Å². The summed E-state index contributed by atoms with van der Waals surface area (Å²) >= 11 is 0. The SMILES string of the molecule is COc1cncc(N=Cc2cc3ccccn3n2)n1. The third-order valence-electron chi connectivity index (χ3n) is 2.53. The maximum atomic E-state index is 4.99. The summed E-state index contributed by atoms with van der Waals surface area (Å²) in [4.78, 5) is 12.4. The summed E-state index contributed by atoms with van der Waals surface area (Å²) in [5.74, 6) is 0.918. The summed E-state index contributed by atoms with van der Waals surface area (Å²) in [7, 11) is 1.54. The van der Waals surface area contributed by atoms with Crippen molar-refractivity contribution in [3.8, 4) is 5.88 Å². The lowest BCUT2D eigenvalue weighted by Crippen LogP contribution is -1.89. The Morgan fingerprint density at radius 2 is 2.26 bits per heavy atom. The topological polar surface area (TPSA) is 64.7 Å². The summed E-state index contributed by atoms with van der Waals surface area (Å²) < 4.78 is 6.78. The van der Waals surface area contributed by atoms with Gasteiger partial charge in [0.2, 0.25) is 5.88 Å². The van der Waals surface area contributed by atoms with E-state index in [0.717, 1.165) is 11.2 Å². The molecular formula is C13H11N5O. The number of nitrogens with zero attached hydrogens (tertiary/aromatic N) is 5. The van der Waals surface area contributed by atoms with Crippen molar-refractivity contribution < 1.29 is 4.74 Å². The van der Waals surface area contributed by atoms with Gasteiger partial charge in [0.25, 0.3) is 0 Å². The molecule has 3 aromatic heterocycles. The van der Waals surface area contributed by atoms with Crippen molar-refractivity contribution in [3.63, 3.8) is 0 Å². The van der Waals surface area contributed by atoms with E-state index >= 15 is 0 Å². The monoisotopic (exact) mass is 253 g/mol. The van der Waals surface area contributed by atoms with Gasteiger partial charge >= 0.3 is 0 Å². The normalized spacial score (nSPS) is 11.2. The van der Waals surface area contributed by atoms with Crippen LogP contribution in [0.5, 0.6) is 5.88 Å². The van der Waals surface area contributed by atoms with Gasteiger partial charge in [-0.15, -0.1) is 0 Å². The highest BCUT2D eigenvalue weighted by molar-refractivity contribution is 5.81. The molecule has 3 heterocycles. The minimum Gasteiger partial charge on any atom is -0.480 e. The Morgan fingerprint density at radius 3 is 3.11 bits per heavy atom. The number of methoxy groups -OCH3 is 1. The van der Waals surface area contributed by atoms with E-state index in [-0.39, 0.29) is 0 Å². The largest absolute Gasteiger partial charge is 0.480 e. The Morgan fingerprint density at radius 1 is 1.32 bits per heavy atom. The third-order valence-corrected chi connectivity index (χ3v) is 2.53. The van der Waals surface area contributed by atoms with Gasteiger partial charge in [0.15, 0.2) is 5.82 Å². The van der Waals surface area contributed by atoms with Crippen LogP contribution in [0.1, 0.15) is 5.69 Å². The molecule has 0 aliphatic rings. The summed E-state index contributed by atoms with van der Waals surface area (Å²) in [6.45, 7) is 0. The van der Waals surface area contributed by atoms with Crippen molar-refractivity contribution in [2.75, 3.05) is 7.11 Å². The predicted molar refractivity (Wildman–Crippen MR) is 71.0 cm³/mol. The minimum atomic E-state index is 0.435. The third kappa shape index (κ3) is 2.42. The summed E-state index contributed by atoms with van der Waals surface area (Å²) in [5, 5.41) is 4.36. The molecule has 6 heteroatoms. The van der Waals surface area contributed by atoms with E-state index in [9.17, 15) is 0 Å². The molecule has 0 spiro atoms. The van der Waals surface area contributed by atoms with Crippen LogP contribution in [0.25, 0.3) is 5.52 Å². The molecule has 0 saturated heterocycles. The second kappa shape index (κ2) is 4.85. The number of pyridine rings is 1. The molecule has 0 saturated carbocycles. The van der Waals surface area contributed by atoms with Crippen molar-refractivity contribution in [1.29, 1.82) is 0 Å². The van der Waals surface area contributed by atoms with Crippen LogP contribution in [0.2, 0.25) is 0 Å². The van der Waals surface area contributed by atoms with Crippen molar-refractivity contribution >= 4 is 17.5 Å². The molecular weight excluding hydrogens is 242 g/mol. The van der Waals surface area contributed by atoms with Gasteiger partial charge in [-0.25, -0.2) is 9.51 Å². The quantitative estimate of drug-likeness (QED) is 0.668. The van der Waals surface area contributed by atoms with E-state index < -0.39 is 0 Å². The fourth-order valence-electron chi connectivity index (χ4n) is 1.65. The standard InChI is InChI=1S/C13H11N5O/c1-19-13-9-14-8-12(16-13)15-7-10-6-11-4-2-3-5-18(11)17-10/h2-9H,1H3. The first-order chi connectivity index (χ1) is 9.35. The molecule has 0 radical (unpaired) electrons. The minimum absolute atomic E-state index is 0.435. The second-order valence-corrected chi connectivity index (χ2v) is 3.82. The van der Waals surface area contributed by atoms with E-state index in [1.54, 1.807) is 24.0 Å². The fraction of sp³-hybridized carbons (Fsp3) is 0.0769. The highest BCUT2D eigenvalue weighted by Crippen LogP contribution is 2.11. The molecule has 0 amide bonds. The number of aromatic nitrogens is 4. The molecule has 0 atom stereocenters.